The molecule has 1 aromatic heterocycles. The highest BCUT2D eigenvalue weighted by Crippen LogP contribution is 2.46. The van der Waals surface area contributed by atoms with E-state index in [-0.39, 0.29) is 12.5 Å². The number of carbonyl (C=O) groups is 1. The number of aliphatic hydroxyl groups is 1. The van der Waals surface area contributed by atoms with Gasteiger partial charge in [-0.25, -0.2) is 9.98 Å². The van der Waals surface area contributed by atoms with Gasteiger partial charge in [0, 0.05) is 36.9 Å². The van der Waals surface area contributed by atoms with Gasteiger partial charge in [-0.2, -0.15) is 0 Å². The summed E-state index contributed by atoms with van der Waals surface area (Å²) in [5, 5.41) is 12.0. The second-order valence-electron chi connectivity index (χ2n) is 10.5. The zero-order valence-electron chi connectivity index (χ0n) is 23.7. The first-order valence-corrected chi connectivity index (χ1v) is 14.9. The molecule has 1 spiro atoms. The van der Waals surface area contributed by atoms with Crippen molar-refractivity contribution in [1.29, 1.82) is 0 Å². The van der Waals surface area contributed by atoms with E-state index in [4.69, 9.17) is 24.3 Å². The minimum Gasteiger partial charge on any atom is -0.497 e. The van der Waals surface area contributed by atoms with Gasteiger partial charge < -0.3 is 24.2 Å². The van der Waals surface area contributed by atoms with Gasteiger partial charge in [-0.1, -0.05) is 36.4 Å². The molecule has 2 aliphatic heterocycles. The summed E-state index contributed by atoms with van der Waals surface area (Å²) >= 11 is 1.58. The van der Waals surface area contributed by atoms with Crippen LogP contribution in [0.15, 0.2) is 83.2 Å². The Morgan fingerprint density at radius 2 is 1.88 bits per heavy atom. The fraction of sp³-hybridized carbons (Fsp3) is 0.303. The van der Waals surface area contributed by atoms with Crippen molar-refractivity contribution in [3.63, 3.8) is 0 Å². The van der Waals surface area contributed by atoms with Crippen LogP contribution < -0.4 is 9.47 Å². The quantitative estimate of drug-likeness (QED) is 0.270. The van der Waals surface area contributed by atoms with Gasteiger partial charge in [0.25, 0.3) is 5.91 Å². The van der Waals surface area contributed by atoms with Crippen molar-refractivity contribution in [1.82, 2.24) is 9.88 Å². The average Bonchev–Trinajstić information content (AvgIpc) is 3.58. The Hall–Kier alpha value is -4.21. The van der Waals surface area contributed by atoms with Gasteiger partial charge in [0.15, 0.2) is 11.6 Å². The average molecular weight is 584 g/mol. The fourth-order valence-electron chi connectivity index (χ4n) is 5.60. The molecule has 0 radical (unpaired) electrons. The van der Waals surface area contributed by atoms with E-state index >= 15 is 0 Å². The molecule has 42 heavy (non-hydrogen) atoms. The van der Waals surface area contributed by atoms with Crippen molar-refractivity contribution >= 4 is 23.1 Å². The molecule has 0 saturated heterocycles. The first kappa shape index (κ1) is 27.9. The maximum absolute atomic E-state index is 14.8. The number of ether oxygens (including phenoxy) is 3. The number of thiazole rings is 1. The van der Waals surface area contributed by atoms with E-state index < -0.39 is 11.6 Å². The zero-order valence-corrected chi connectivity index (χ0v) is 24.5. The van der Waals surface area contributed by atoms with Gasteiger partial charge in [-0.15, -0.1) is 11.3 Å². The molecule has 2 atom stereocenters. The Morgan fingerprint density at radius 1 is 1.07 bits per heavy atom. The molecule has 216 valence electrons. The molecule has 4 aromatic rings. The largest absolute Gasteiger partial charge is 0.497 e. The number of nitrogens with zero attached hydrogens (tertiary/aromatic N) is 3. The first-order valence-electron chi connectivity index (χ1n) is 14.0. The van der Waals surface area contributed by atoms with Gasteiger partial charge in [-0.3, -0.25) is 4.79 Å². The lowest BCUT2D eigenvalue weighted by molar-refractivity contribution is -0.140. The van der Waals surface area contributed by atoms with Crippen molar-refractivity contribution in [2.24, 2.45) is 4.99 Å². The van der Waals surface area contributed by atoms with Crippen LogP contribution in [-0.4, -0.2) is 52.7 Å². The predicted octanol–water partition coefficient (Wildman–Crippen LogP) is 5.26. The number of aryl methyl sites for hydroxylation is 1. The number of aliphatic imine (C=N–C) groups is 1. The molecule has 8 nitrogen and oxygen atoms in total. The first-order chi connectivity index (χ1) is 20.5. The van der Waals surface area contributed by atoms with Gasteiger partial charge in [0.05, 0.1) is 31.0 Å². The van der Waals surface area contributed by atoms with Crippen LogP contribution in [0.4, 0.5) is 0 Å². The second kappa shape index (κ2) is 12.0. The highest BCUT2D eigenvalue weighted by atomic mass is 32.1. The van der Waals surface area contributed by atoms with Crippen molar-refractivity contribution in [2.45, 2.75) is 44.5 Å². The molecule has 3 heterocycles. The third kappa shape index (κ3) is 5.49. The van der Waals surface area contributed by atoms with E-state index in [0.29, 0.717) is 49.9 Å². The normalized spacial score (nSPS) is 19.7. The number of hydrogen-bond donors (Lipinski definition) is 1. The Morgan fingerprint density at radius 3 is 2.62 bits per heavy atom. The number of aromatic nitrogens is 1. The highest BCUT2D eigenvalue weighted by molar-refractivity contribution is 7.09. The van der Waals surface area contributed by atoms with Gasteiger partial charge in [0.2, 0.25) is 5.90 Å². The Labute approximate surface area is 249 Å². The third-order valence-electron chi connectivity index (χ3n) is 7.65. The molecule has 9 heteroatoms. The number of amides is 1. The second-order valence-corrected chi connectivity index (χ2v) is 11.6. The molecule has 3 aromatic carbocycles. The Balaban J connectivity index is 1.45. The van der Waals surface area contributed by atoms with Crippen molar-refractivity contribution in [3.8, 4) is 11.5 Å². The zero-order chi connectivity index (χ0) is 29.1. The summed E-state index contributed by atoms with van der Waals surface area (Å²) < 4.78 is 17.9. The van der Waals surface area contributed by atoms with Crippen LogP contribution in [0.5, 0.6) is 11.5 Å². The van der Waals surface area contributed by atoms with Crippen LogP contribution in [-0.2, 0) is 29.0 Å². The van der Waals surface area contributed by atoms with Gasteiger partial charge >= 0.3 is 0 Å². The fourth-order valence-corrected chi connectivity index (χ4v) is 6.21. The monoisotopic (exact) mass is 583 g/mol. The highest BCUT2D eigenvalue weighted by Gasteiger charge is 2.56. The van der Waals surface area contributed by atoms with Crippen LogP contribution in [0, 0.1) is 6.92 Å². The van der Waals surface area contributed by atoms with Gasteiger partial charge in [0.1, 0.15) is 11.5 Å². The standard InChI is InChI=1S/C33H33N3O5S/c1-22-34-27(21-42-22)20-36-19-26-8-4-3-7-25(26)18-33(32(36)38)30(24-9-5-10-29(17-24)39-2)41-31(35-33)23-11-13-28(14-12-23)40-16-6-15-37/h3-5,7-14,17,21,30,37H,6,15-16,18-20H2,1-2H3/t30-,33-/m0/s1. The lowest BCUT2D eigenvalue weighted by Gasteiger charge is -2.33. The summed E-state index contributed by atoms with van der Waals surface area (Å²) in [4.78, 5) is 26.5. The molecular formula is C33H33N3O5S. The molecular weight excluding hydrogens is 550 g/mol. The lowest BCUT2D eigenvalue weighted by atomic mass is 9.81. The number of fused-ring (bicyclic) bond motifs is 1. The predicted molar refractivity (Wildman–Crippen MR) is 161 cm³/mol. The number of carbonyl (C=O) groups excluding carboxylic acids is 1. The van der Waals surface area contributed by atoms with Crippen LogP contribution in [0.2, 0.25) is 0 Å². The molecule has 6 rings (SSSR count). The van der Waals surface area contributed by atoms with Crippen molar-refractivity contribution in [2.75, 3.05) is 20.3 Å². The third-order valence-corrected chi connectivity index (χ3v) is 8.47. The van der Waals surface area contributed by atoms with Crippen LogP contribution in [0.3, 0.4) is 0 Å². The summed E-state index contributed by atoms with van der Waals surface area (Å²) in [7, 11) is 1.63. The minimum atomic E-state index is -1.24. The molecule has 0 fully saturated rings. The topological polar surface area (TPSA) is 93.5 Å². The van der Waals surface area contributed by atoms with Crippen LogP contribution in [0.25, 0.3) is 0 Å². The van der Waals surface area contributed by atoms with E-state index in [1.165, 1.54) is 0 Å². The summed E-state index contributed by atoms with van der Waals surface area (Å²) in [5.74, 6) is 1.67. The molecule has 0 aliphatic carbocycles. The SMILES string of the molecule is COc1cccc([C@@H]2OC(c3ccc(OCCCO)cc3)=N[C@@]23Cc2ccccc2CN(Cc2csc(C)n2)C3=O)c1. The number of benzene rings is 3. The van der Waals surface area contributed by atoms with E-state index in [9.17, 15) is 4.79 Å². The maximum Gasteiger partial charge on any atom is 0.255 e. The molecule has 2 aliphatic rings. The van der Waals surface area contributed by atoms with Gasteiger partial charge in [-0.05, 0) is 60.0 Å². The molecule has 1 amide bonds. The summed E-state index contributed by atoms with van der Waals surface area (Å²) in [6.07, 6.45) is 0.270. The van der Waals surface area contributed by atoms with Crippen molar-refractivity contribution in [3.05, 3.63) is 111 Å². The summed E-state index contributed by atoms with van der Waals surface area (Å²) in [6.45, 7) is 3.32. The summed E-state index contributed by atoms with van der Waals surface area (Å²) in [6, 6.07) is 23.3. The van der Waals surface area contributed by atoms with E-state index in [1.54, 1.807) is 18.4 Å². The van der Waals surface area contributed by atoms with E-state index in [0.717, 1.165) is 33.0 Å². The van der Waals surface area contributed by atoms with Crippen molar-refractivity contribution < 1.29 is 24.1 Å². The van der Waals surface area contributed by atoms with Crippen LogP contribution >= 0.6 is 11.3 Å². The number of rotatable bonds is 9. The van der Waals surface area contributed by atoms with E-state index in [2.05, 4.69) is 17.1 Å². The Bertz CT molecular complexity index is 1600. The number of aliphatic hydroxyl groups excluding tert-OH is 1. The number of hydrogen-bond acceptors (Lipinski definition) is 8. The lowest BCUT2D eigenvalue weighted by Crippen LogP contribution is -2.49. The molecule has 0 unspecified atom stereocenters. The van der Waals surface area contributed by atoms with E-state index in [1.807, 2.05) is 77.9 Å². The molecule has 1 N–H and O–H groups in total. The number of methoxy groups -OCH3 is 1. The molecule has 0 bridgehead atoms. The minimum absolute atomic E-state index is 0.0761. The Kier molecular flexibility index (Phi) is 7.95. The molecule has 0 saturated carbocycles. The maximum atomic E-state index is 14.8. The smallest absolute Gasteiger partial charge is 0.255 e. The summed E-state index contributed by atoms with van der Waals surface area (Å²) in [5.41, 5.74) is 3.34. The van der Waals surface area contributed by atoms with Crippen LogP contribution in [0.1, 0.15) is 45.5 Å².